The molecule has 0 aromatic heterocycles. The minimum absolute atomic E-state index is 0.0695. The van der Waals surface area contributed by atoms with Crippen molar-refractivity contribution in [1.29, 1.82) is 0 Å². The molecule has 1 rings (SSSR count). The van der Waals surface area contributed by atoms with Crippen molar-refractivity contribution >= 4 is 16.3 Å². The Morgan fingerprint density at radius 3 is 2.23 bits per heavy atom. The van der Waals surface area contributed by atoms with E-state index in [4.69, 9.17) is 0 Å². The summed E-state index contributed by atoms with van der Waals surface area (Å²) in [5.74, 6) is -3.51. The summed E-state index contributed by atoms with van der Waals surface area (Å²) in [5, 5.41) is 0. The van der Waals surface area contributed by atoms with E-state index in [0.717, 1.165) is 12.1 Å². The van der Waals surface area contributed by atoms with Crippen molar-refractivity contribution in [3.05, 3.63) is 30.1 Å². The van der Waals surface area contributed by atoms with E-state index < -0.39 is 22.2 Å². The number of rotatable bonds is 2. The number of hydrogen-bond acceptors (Lipinski definition) is 3. The van der Waals surface area contributed by atoms with Crippen molar-refractivity contribution < 1.29 is 17.4 Å². The van der Waals surface area contributed by atoms with Gasteiger partial charge in [-0.1, -0.05) is 0 Å². The smallest absolute Gasteiger partial charge is 0.209 e. The summed E-state index contributed by atoms with van der Waals surface area (Å²) in [5.41, 5.74) is 0.0695. The van der Waals surface area contributed by atoms with Gasteiger partial charge in [-0.3, -0.25) is 0 Å². The predicted octanol–water partition coefficient (Wildman–Crippen LogP) is 2.83. The van der Waals surface area contributed by atoms with Crippen LogP contribution in [0.5, 0.6) is 0 Å². The Balaban J connectivity index is 2.92. The van der Waals surface area contributed by atoms with Crippen molar-refractivity contribution in [2.75, 3.05) is 0 Å². The van der Waals surface area contributed by atoms with Crippen LogP contribution in [0.2, 0.25) is 0 Å². The summed E-state index contributed by atoms with van der Waals surface area (Å²) < 4.78 is 49.4. The molecule has 0 amide bonds. The SMILES string of the molecule is O=[S-](=Nc1ccc(F)cc1)C(F)F. The molecule has 0 bridgehead atoms. The summed E-state index contributed by atoms with van der Waals surface area (Å²) in [6.45, 7) is 0. The first-order chi connectivity index (χ1) is 6.09. The molecule has 6 heteroatoms. The van der Waals surface area contributed by atoms with E-state index in [1.54, 1.807) is 0 Å². The van der Waals surface area contributed by atoms with Crippen molar-refractivity contribution in [1.82, 2.24) is 0 Å². The fraction of sp³-hybridized carbons (Fsp3) is 0.143. The van der Waals surface area contributed by atoms with E-state index in [0.29, 0.717) is 0 Å². The molecule has 0 aliphatic carbocycles. The van der Waals surface area contributed by atoms with Crippen LogP contribution in [0.4, 0.5) is 18.9 Å². The molecular formula is C7H5F3NOS-. The Kier molecular flexibility index (Phi) is 3.30. The molecular weight excluding hydrogens is 203 g/mol. The number of nitrogens with zero attached hydrogens (tertiary/aromatic N) is 1. The number of benzene rings is 1. The molecule has 1 aromatic carbocycles. The third-order valence-corrected chi connectivity index (χ3v) is 1.87. The first-order valence-electron chi connectivity index (χ1n) is 3.26. The topological polar surface area (TPSA) is 29.4 Å². The zero-order valence-corrected chi connectivity index (χ0v) is 7.10. The maximum absolute atomic E-state index is 12.3. The lowest BCUT2D eigenvalue weighted by Crippen LogP contribution is -1.88. The van der Waals surface area contributed by atoms with Gasteiger partial charge in [-0.25, -0.2) is 13.2 Å². The summed E-state index contributed by atoms with van der Waals surface area (Å²) in [6.07, 6.45) is 0. The molecule has 72 valence electrons. The zero-order valence-electron chi connectivity index (χ0n) is 6.28. The van der Waals surface area contributed by atoms with Crippen molar-refractivity contribution in [2.45, 2.75) is 5.76 Å². The molecule has 0 aliphatic heterocycles. The second-order valence-corrected chi connectivity index (χ2v) is 3.20. The molecule has 2 nitrogen and oxygen atoms in total. The Morgan fingerprint density at radius 1 is 1.23 bits per heavy atom. The quantitative estimate of drug-likeness (QED) is 0.687. The van der Waals surface area contributed by atoms with E-state index in [1.807, 2.05) is 0 Å². The Labute approximate surface area is 74.6 Å². The highest BCUT2D eigenvalue weighted by Gasteiger charge is 1.92. The molecule has 0 N–H and O–H groups in total. The first kappa shape index (κ1) is 10.0. The number of alkyl halides is 2. The van der Waals surface area contributed by atoms with Crippen LogP contribution in [-0.4, -0.2) is 5.76 Å². The monoisotopic (exact) mass is 208 g/mol. The Morgan fingerprint density at radius 2 is 1.77 bits per heavy atom. The summed E-state index contributed by atoms with van der Waals surface area (Å²) >= 11 is 0. The second-order valence-electron chi connectivity index (χ2n) is 2.10. The van der Waals surface area contributed by atoms with Crippen LogP contribution >= 0.6 is 0 Å². The Hall–Kier alpha value is -1.04. The standard InChI is InChI=1S/C7H5F3NOS/c8-5-1-3-6(4-2-5)11-13(12)7(9)10/h1-4,7H/q-1. The molecule has 1 aromatic rings. The van der Waals surface area contributed by atoms with Gasteiger partial charge in [0.05, 0.1) is 0 Å². The van der Waals surface area contributed by atoms with Crippen LogP contribution in [0.15, 0.2) is 28.6 Å². The van der Waals surface area contributed by atoms with Gasteiger partial charge in [0.2, 0.25) is 5.76 Å². The summed E-state index contributed by atoms with van der Waals surface area (Å²) in [4.78, 5) is 0. The Bertz CT molecular complexity index is 357. The van der Waals surface area contributed by atoms with Crippen LogP contribution in [0.1, 0.15) is 0 Å². The second kappa shape index (κ2) is 4.27. The van der Waals surface area contributed by atoms with Gasteiger partial charge in [0.15, 0.2) is 0 Å². The molecule has 0 atom stereocenters. The van der Waals surface area contributed by atoms with E-state index >= 15 is 0 Å². The normalized spacial score (nSPS) is 13.5. The maximum atomic E-state index is 12.3. The third-order valence-electron chi connectivity index (χ3n) is 1.17. The molecule has 0 unspecified atom stereocenters. The molecule has 0 saturated heterocycles. The summed E-state index contributed by atoms with van der Waals surface area (Å²) in [6, 6.07) is 4.47. The molecule has 0 aliphatic rings. The highest BCUT2D eigenvalue weighted by atomic mass is 32.2. The lowest BCUT2D eigenvalue weighted by atomic mass is 10.3. The predicted molar refractivity (Wildman–Crippen MR) is 42.5 cm³/mol. The van der Waals surface area contributed by atoms with Crippen molar-refractivity contribution in [3.8, 4) is 0 Å². The van der Waals surface area contributed by atoms with E-state index in [2.05, 4.69) is 4.36 Å². The van der Waals surface area contributed by atoms with Crippen LogP contribution in [0.25, 0.3) is 0 Å². The fourth-order valence-corrected chi connectivity index (χ4v) is 1.05. The van der Waals surface area contributed by atoms with Crippen LogP contribution < -0.4 is 0 Å². The lowest BCUT2D eigenvalue weighted by Gasteiger charge is -2.01. The highest BCUT2D eigenvalue weighted by molar-refractivity contribution is 7.75. The minimum Gasteiger partial charge on any atom is -0.439 e. The van der Waals surface area contributed by atoms with Gasteiger partial charge >= 0.3 is 0 Å². The minimum atomic E-state index is -3.01. The molecule has 0 spiro atoms. The molecule has 0 saturated carbocycles. The molecule has 0 heterocycles. The van der Waals surface area contributed by atoms with Gasteiger partial charge in [0, 0.05) is 5.69 Å². The fourth-order valence-electron chi connectivity index (χ4n) is 0.646. The molecule has 0 radical (unpaired) electrons. The van der Waals surface area contributed by atoms with Gasteiger partial charge in [-0.05, 0) is 24.3 Å². The third kappa shape index (κ3) is 3.06. The van der Waals surface area contributed by atoms with Crippen molar-refractivity contribution in [2.24, 2.45) is 4.36 Å². The number of halogens is 3. The zero-order chi connectivity index (χ0) is 9.84. The van der Waals surface area contributed by atoms with E-state index in [1.165, 1.54) is 12.1 Å². The van der Waals surface area contributed by atoms with Crippen LogP contribution in [0.3, 0.4) is 0 Å². The van der Waals surface area contributed by atoms with Gasteiger partial charge < -0.3 is 8.57 Å². The summed E-state index contributed by atoms with van der Waals surface area (Å²) in [7, 11) is -2.56. The van der Waals surface area contributed by atoms with E-state index in [-0.39, 0.29) is 5.69 Å². The van der Waals surface area contributed by atoms with Gasteiger partial charge in [-0.15, -0.1) is 10.6 Å². The largest absolute Gasteiger partial charge is 0.439 e. The average molecular weight is 208 g/mol. The van der Waals surface area contributed by atoms with Crippen molar-refractivity contribution in [3.63, 3.8) is 0 Å². The molecule has 0 fully saturated rings. The van der Waals surface area contributed by atoms with Gasteiger partial charge in [0.25, 0.3) is 0 Å². The first-order valence-corrected chi connectivity index (χ1v) is 4.43. The van der Waals surface area contributed by atoms with Crippen LogP contribution in [0, 0.1) is 5.82 Å². The maximum Gasteiger partial charge on any atom is 0.209 e. The highest BCUT2D eigenvalue weighted by Crippen LogP contribution is 2.13. The average Bonchev–Trinajstić information content (AvgIpc) is 2.08. The van der Waals surface area contributed by atoms with Gasteiger partial charge in [-0.2, -0.15) is 0 Å². The van der Waals surface area contributed by atoms with Gasteiger partial charge in [0.1, 0.15) is 5.82 Å². The van der Waals surface area contributed by atoms with Crippen LogP contribution in [-0.2, 0) is 14.8 Å². The number of hydrogen-bond donors (Lipinski definition) is 0. The lowest BCUT2D eigenvalue weighted by molar-refractivity contribution is 0.244. The van der Waals surface area contributed by atoms with E-state index in [9.17, 15) is 17.4 Å². The molecule has 13 heavy (non-hydrogen) atoms.